The molecule has 0 spiro atoms. The first kappa shape index (κ1) is 14.2. The minimum atomic E-state index is -0.279. The number of hydrogen-bond acceptors (Lipinski definition) is 3. The lowest BCUT2D eigenvalue weighted by Gasteiger charge is -2.23. The summed E-state index contributed by atoms with van der Waals surface area (Å²) in [5.74, 6) is 0. The Morgan fingerprint density at radius 2 is 1.68 bits per heavy atom. The van der Waals surface area contributed by atoms with Gasteiger partial charge in [0, 0.05) is 10.4 Å². The zero-order chi connectivity index (χ0) is 14.0. The summed E-state index contributed by atoms with van der Waals surface area (Å²) in [5, 5.41) is 1.06. The monoisotopic (exact) mass is 274 g/mol. The van der Waals surface area contributed by atoms with Crippen molar-refractivity contribution >= 4 is 11.3 Å². The Kier molecular flexibility index (Phi) is 4.07. The minimum absolute atomic E-state index is 0.279. The van der Waals surface area contributed by atoms with Crippen molar-refractivity contribution in [3.63, 3.8) is 0 Å². The molecule has 2 nitrogen and oxygen atoms in total. The van der Waals surface area contributed by atoms with Crippen LogP contribution in [-0.2, 0) is 5.54 Å². The van der Waals surface area contributed by atoms with Gasteiger partial charge >= 0.3 is 0 Å². The van der Waals surface area contributed by atoms with Crippen LogP contribution in [0.15, 0.2) is 24.3 Å². The summed E-state index contributed by atoms with van der Waals surface area (Å²) in [6, 6.07) is 8.53. The van der Waals surface area contributed by atoms with E-state index in [-0.39, 0.29) is 5.54 Å². The lowest BCUT2D eigenvalue weighted by Crippen LogP contribution is -2.34. The summed E-state index contributed by atoms with van der Waals surface area (Å²) in [4.78, 5) is 6.06. The largest absolute Gasteiger partial charge is 0.319 e. The van der Waals surface area contributed by atoms with Crippen molar-refractivity contribution in [3.05, 3.63) is 39.7 Å². The Labute approximate surface area is 119 Å². The predicted molar refractivity (Wildman–Crippen MR) is 83.5 cm³/mol. The van der Waals surface area contributed by atoms with E-state index in [1.807, 2.05) is 0 Å². The molecule has 1 heterocycles. The van der Waals surface area contributed by atoms with Gasteiger partial charge in [-0.15, -0.1) is 11.3 Å². The van der Waals surface area contributed by atoms with Gasteiger partial charge in [-0.2, -0.15) is 0 Å². The number of rotatable bonds is 4. The van der Waals surface area contributed by atoms with Crippen molar-refractivity contribution in [3.8, 4) is 11.3 Å². The summed E-state index contributed by atoms with van der Waals surface area (Å²) in [6.07, 6.45) is 1.84. The molecule has 0 aliphatic heterocycles. The van der Waals surface area contributed by atoms with Gasteiger partial charge in [-0.25, -0.2) is 4.98 Å². The fourth-order valence-corrected chi connectivity index (χ4v) is 3.32. The first-order valence-electron chi connectivity index (χ1n) is 6.84. The third kappa shape index (κ3) is 2.72. The second-order valence-electron chi connectivity index (χ2n) is 5.15. The zero-order valence-corrected chi connectivity index (χ0v) is 13.0. The van der Waals surface area contributed by atoms with Crippen LogP contribution >= 0.6 is 11.3 Å². The molecule has 0 atom stereocenters. The van der Waals surface area contributed by atoms with Crippen LogP contribution in [0.4, 0.5) is 0 Å². The molecule has 0 unspecified atom stereocenters. The average Bonchev–Trinajstić information content (AvgIpc) is 2.81. The van der Waals surface area contributed by atoms with E-state index in [0.717, 1.165) is 23.5 Å². The van der Waals surface area contributed by atoms with Crippen LogP contribution in [0, 0.1) is 13.8 Å². The van der Waals surface area contributed by atoms with Gasteiger partial charge < -0.3 is 5.73 Å². The van der Waals surface area contributed by atoms with Crippen LogP contribution in [0.1, 0.15) is 42.1 Å². The van der Waals surface area contributed by atoms with Gasteiger partial charge in [-0.05, 0) is 26.7 Å². The number of nitrogens with two attached hydrogens (primary N) is 1. The van der Waals surface area contributed by atoms with Crippen molar-refractivity contribution in [2.75, 3.05) is 0 Å². The van der Waals surface area contributed by atoms with Gasteiger partial charge in [-0.3, -0.25) is 0 Å². The summed E-state index contributed by atoms with van der Waals surface area (Å²) in [6.45, 7) is 8.49. The van der Waals surface area contributed by atoms with Crippen LogP contribution in [0.2, 0.25) is 0 Å². The maximum absolute atomic E-state index is 6.45. The fraction of sp³-hybridized carbons (Fsp3) is 0.438. The van der Waals surface area contributed by atoms with Gasteiger partial charge in [0.2, 0.25) is 0 Å². The molecule has 1 aromatic carbocycles. The SMILES string of the molecule is CCC(N)(CC)c1nc(-c2ccc(C)cc2)c(C)s1. The van der Waals surface area contributed by atoms with E-state index < -0.39 is 0 Å². The number of thiazole rings is 1. The topological polar surface area (TPSA) is 38.9 Å². The Hall–Kier alpha value is -1.19. The Morgan fingerprint density at radius 3 is 2.21 bits per heavy atom. The van der Waals surface area contributed by atoms with E-state index in [1.165, 1.54) is 16.0 Å². The molecule has 1 aromatic heterocycles. The Bertz CT molecular complexity index is 551. The van der Waals surface area contributed by atoms with Crippen LogP contribution in [-0.4, -0.2) is 4.98 Å². The van der Waals surface area contributed by atoms with Gasteiger partial charge in [0.1, 0.15) is 5.01 Å². The van der Waals surface area contributed by atoms with E-state index in [4.69, 9.17) is 10.7 Å². The molecule has 0 aliphatic rings. The molecule has 102 valence electrons. The highest BCUT2D eigenvalue weighted by atomic mass is 32.1. The van der Waals surface area contributed by atoms with E-state index in [9.17, 15) is 0 Å². The molecular weight excluding hydrogens is 252 g/mol. The first-order chi connectivity index (χ1) is 9.00. The lowest BCUT2D eigenvalue weighted by atomic mass is 9.95. The highest BCUT2D eigenvalue weighted by molar-refractivity contribution is 7.12. The van der Waals surface area contributed by atoms with E-state index >= 15 is 0 Å². The van der Waals surface area contributed by atoms with E-state index in [2.05, 4.69) is 52.0 Å². The summed E-state index contributed by atoms with van der Waals surface area (Å²) in [7, 11) is 0. The summed E-state index contributed by atoms with van der Waals surface area (Å²) >= 11 is 1.73. The van der Waals surface area contributed by atoms with Crippen molar-refractivity contribution in [2.45, 2.75) is 46.1 Å². The second-order valence-corrected chi connectivity index (χ2v) is 6.36. The average molecular weight is 274 g/mol. The van der Waals surface area contributed by atoms with Gasteiger partial charge in [0.15, 0.2) is 0 Å². The normalized spacial score (nSPS) is 11.8. The molecule has 3 heteroatoms. The van der Waals surface area contributed by atoms with Crippen molar-refractivity contribution in [1.82, 2.24) is 4.98 Å². The molecule has 0 saturated carbocycles. The first-order valence-corrected chi connectivity index (χ1v) is 7.65. The Morgan fingerprint density at radius 1 is 1.11 bits per heavy atom. The van der Waals surface area contributed by atoms with Crippen molar-refractivity contribution in [2.24, 2.45) is 5.73 Å². The lowest BCUT2D eigenvalue weighted by molar-refractivity contribution is 0.411. The van der Waals surface area contributed by atoms with Gasteiger partial charge in [-0.1, -0.05) is 43.7 Å². The molecule has 2 aromatic rings. The molecule has 19 heavy (non-hydrogen) atoms. The van der Waals surface area contributed by atoms with Crippen molar-refractivity contribution < 1.29 is 0 Å². The van der Waals surface area contributed by atoms with Crippen LogP contribution in [0.25, 0.3) is 11.3 Å². The molecule has 2 rings (SSSR count). The highest BCUT2D eigenvalue weighted by Gasteiger charge is 2.27. The van der Waals surface area contributed by atoms with Crippen LogP contribution in [0.3, 0.4) is 0 Å². The molecule has 0 bridgehead atoms. The van der Waals surface area contributed by atoms with E-state index in [0.29, 0.717) is 0 Å². The molecule has 2 N–H and O–H groups in total. The predicted octanol–water partition coefficient (Wildman–Crippen LogP) is 4.40. The van der Waals surface area contributed by atoms with Gasteiger partial charge in [0.25, 0.3) is 0 Å². The Balaban J connectivity index is 2.44. The highest BCUT2D eigenvalue weighted by Crippen LogP contribution is 2.35. The third-order valence-electron chi connectivity index (χ3n) is 3.81. The molecule has 0 amide bonds. The van der Waals surface area contributed by atoms with Crippen LogP contribution < -0.4 is 5.73 Å². The molecule has 0 aliphatic carbocycles. The molecule has 0 radical (unpaired) electrons. The van der Waals surface area contributed by atoms with Crippen LogP contribution in [0.5, 0.6) is 0 Å². The maximum Gasteiger partial charge on any atom is 0.113 e. The van der Waals surface area contributed by atoms with Crippen molar-refractivity contribution in [1.29, 1.82) is 0 Å². The number of aryl methyl sites for hydroxylation is 2. The zero-order valence-electron chi connectivity index (χ0n) is 12.2. The summed E-state index contributed by atoms with van der Waals surface area (Å²) < 4.78 is 0. The molecule has 0 fully saturated rings. The quantitative estimate of drug-likeness (QED) is 0.897. The number of nitrogens with zero attached hydrogens (tertiary/aromatic N) is 1. The third-order valence-corrected chi connectivity index (χ3v) is 5.00. The fourth-order valence-electron chi connectivity index (χ4n) is 2.14. The number of benzene rings is 1. The maximum atomic E-state index is 6.45. The minimum Gasteiger partial charge on any atom is -0.319 e. The van der Waals surface area contributed by atoms with Gasteiger partial charge in [0.05, 0.1) is 11.2 Å². The van der Waals surface area contributed by atoms with E-state index in [1.54, 1.807) is 11.3 Å². The number of hydrogen-bond donors (Lipinski definition) is 1. The summed E-state index contributed by atoms with van der Waals surface area (Å²) in [5.41, 5.74) is 9.70. The molecular formula is C16H22N2S. The molecule has 0 saturated heterocycles. The second kappa shape index (κ2) is 5.43. The number of aromatic nitrogens is 1. The standard InChI is InChI=1S/C16H22N2S/c1-5-16(17,6-2)15-18-14(12(4)19-15)13-9-7-11(3)8-10-13/h7-10H,5-6,17H2,1-4H3. The smallest absolute Gasteiger partial charge is 0.113 e.